The smallest absolute Gasteiger partial charge is 0.343 e. The Hall–Kier alpha value is -3.12. The van der Waals surface area contributed by atoms with E-state index in [1.54, 1.807) is 21.9 Å². The summed E-state index contributed by atoms with van der Waals surface area (Å²) in [6.07, 6.45) is 1.59. The molecule has 1 N–H and O–H groups in total. The standard InChI is InChI=1S/C29H34N4O6S/c1-3-5-14-40(37,38)32-12-10-31(11-13-32)16-20-19-8-6-7-9-24(19)30-26-21(20)17-33-25(26)15-23-22(27(33)34)18-39-28(35)29(23,36)4-2/h6-9,15,36H,3-5,10-14,16-18H2,1-2H3/t29-/m0/s1. The zero-order valence-corrected chi connectivity index (χ0v) is 23.7. The summed E-state index contributed by atoms with van der Waals surface area (Å²) in [7, 11) is -3.25. The summed E-state index contributed by atoms with van der Waals surface area (Å²) >= 11 is 0. The number of aromatic nitrogens is 2. The van der Waals surface area contributed by atoms with Crippen molar-refractivity contribution in [2.24, 2.45) is 0 Å². The van der Waals surface area contributed by atoms with Crippen LogP contribution in [-0.2, 0) is 44.9 Å². The van der Waals surface area contributed by atoms with E-state index in [0.717, 1.165) is 28.5 Å². The molecule has 11 heteroatoms. The summed E-state index contributed by atoms with van der Waals surface area (Å²) in [5, 5.41) is 12.2. The largest absolute Gasteiger partial charge is 0.458 e. The molecule has 0 bridgehead atoms. The Balaban J connectivity index is 1.38. The monoisotopic (exact) mass is 566 g/mol. The third-order valence-electron chi connectivity index (χ3n) is 8.58. The number of carbonyl (C=O) groups is 1. The molecule has 0 saturated carbocycles. The number of cyclic esters (lactones) is 1. The highest BCUT2D eigenvalue weighted by Crippen LogP contribution is 2.40. The van der Waals surface area contributed by atoms with Crippen LogP contribution in [0.4, 0.5) is 0 Å². The van der Waals surface area contributed by atoms with Crippen molar-refractivity contribution in [3.63, 3.8) is 0 Å². The fourth-order valence-electron chi connectivity index (χ4n) is 6.14. The van der Waals surface area contributed by atoms with Gasteiger partial charge in [-0.05, 0) is 30.5 Å². The Morgan fingerprint density at radius 1 is 1.07 bits per heavy atom. The van der Waals surface area contributed by atoms with E-state index in [2.05, 4.69) is 4.90 Å². The molecule has 10 nitrogen and oxygen atoms in total. The molecular formula is C29H34N4O6S. The maximum Gasteiger partial charge on any atom is 0.343 e. The molecule has 6 rings (SSSR count). The van der Waals surface area contributed by atoms with Crippen LogP contribution < -0.4 is 5.56 Å². The number of rotatable bonds is 7. The summed E-state index contributed by atoms with van der Waals surface area (Å²) < 4.78 is 33.9. The van der Waals surface area contributed by atoms with Crippen LogP contribution in [0, 0.1) is 0 Å². The van der Waals surface area contributed by atoms with Gasteiger partial charge >= 0.3 is 5.97 Å². The average Bonchev–Trinajstić information content (AvgIpc) is 3.33. The molecule has 0 aliphatic carbocycles. The number of esters is 1. The number of fused-ring (bicyclic) bond motifs is 5. The molecule has 0 unspecified atom stereocenters. The summed E-state index contributed by atoms with van der Waals surface area (Å²) in [5.41, 5.74) is 2.48. The van der Waals surface area contributed by atoms with Crippen LogP contribution in [0.3, 0.4) is 0 Å². The van der Waals surface area contributed by atoms with Gasteiger partial charge in [-0.2, -0.15) is 4.31 Å². The molecule has 3 aliphatic rings. The molecule has 3 aromatic rings. The van der Waals surface area contributed by atoms with Gasteiger partial charge in [0.25, 0.3) is 5.56 Å². The Bertz CT molecular complexity index is 1680. The van der Waals surface area contributed by atoms with Crippen LogP contribution in [0.2, 0.25) is 0 Å². The lowest BCUT2D eigenvalue weighted by molar-refractivity contribution is -0.172. The second-order valence-electron chi connectivity index (χ2n) is 10.9. The topological polar surface area (TPSA) is 122 Å². The van der Waals surface area contributed by atoms with Crippen LogP contribution in [0.1, 0.15) is 55.4 Å². The number of unbranched alkanes of at least 4 members (excludes halogenated alkanes) is 1. The number of pyridine rings is 2. The number of carbonyl (C=O) groups excluding carboxylic acids is 1. The number of para-hydroxylation sites is 1. The lowest BCUT2D eigenvalue weighted by atomic mass is 9.86. The minimum absolute atomic E-state index is 0.0884. The summed E-state index contributed by atoms with van der Waals surface area (Å²) in [5.74, 6) is -0.555. The zero-order valence-electron chi connectivity index (χ0n) is 22.9. The van der Waals surface area contributed by atoms with Crippen molar-refractivity contribution >= 4 is 26.9 Å². The highest BCUT2D eigenvalue weighted by Gasteiger charge is 2.45. The van der Waals surface area contributed by atoms with Crippen molar-refractivity contribution in [3.8, 4) is 11.4 Å². The molecule has 0 amide bonds. The van der Waals surface area contributed by atoms with Gasteiger partial charge in [0.1, 0.15) is 6.61 Å². The fourth-order valence-corrected chi connectivity index (χ4v) is 7.77. The number of aliphatic hydroxyl groups is 1. The van der Waals surface area contributed by atoms with Gasteiger partial charge in [0, 0.05) is 49.2 Å². The molecular weight excluding hydrogens is 532 g/mol. The predicted molar refractivity (Wildman–Crippen MR) is 150 cm³/mol. The van der Waals surface area contributed by atoms with Crippen molar-refractivity contribution in [1.29, 1.82) is 0 Å². The number of benzene rings is 1. The number of hydrogen-bond acceptors (Lipinski definition) is 8. The lowest BCUT2D eigenvalue weighted by Crippen LogP contribution is -2.48. The number of hydrogen-bond donors (Lipinski definition) is 1. The quantitative estimate of drug-likeness (QED) is 0.338. The SMILES string of the molecule is CCCCS(=O)(=O)N1CCN(Cc2c3c(nc4ccccc24)-c2cc4c(c(=O)n2C3)COC(=O)[C@]4(O)CC)CC1. The van der Waals surface area contributed by atoms with Gasteiger partial charge in [-0.1, -0.05) is 38.5 Å². The van der Waals surface area contributed by atoms with E-state index < -0.39 is 21.6 Å². The molecule has 2 aromatic heterocycles. The first-order valence-electron chi connectivity index (χ1n) is 14.0. The highest BCUT2D eigenvalue weighted by atomic mass is 32.2. The first-order chi connectivity index (χ1) is 19.2. The molecule has 1 aromatic carbocycles. The molecule has 1 saturated heterocycles. The van der Waals surface area contributed by atoms with Crippen molar-refractivity contribution in [3.05, 3.63) is 62.9 Å². The first kappa shape index (κ1) is 27.1. The van der Waals surface area contributed by atoms with Crippen molar-refractivity contribution in [1.82, 2.24) is 18.8 Å². The Morgan fingerprint density at radius 3 is 2.55 bits per heavy atom. The molecule has 0 radical (unpaired) electrons. The Kier molecular flexibility index (Phi) is 6.81. The van der Waals surface area contributed by atoms with Gasteiger partial charge in [0.2, 0.25) is 10.0 Å². The fraction of sp³-hybridized carbons (Fsp3) is 0.483. The minimum atomic E-state index is -3.25. The van der Waals surface area contributed by atoms with Gasteiger partial charge < -0.3 is 14.4 Å². The van der Waals surface area contributed by atoms with Gasteiger partial charge in [0.05, 0.1) is 34.8 Å². The average molecular weight is 567 g/mol. The lowest BCUT2D eigenvalue weighted by Gasteiger charge is -2.34. The Morgan fingerprint density at radius 2 is 1.82 bits per heavy atom. The van der Waals surface area contributed by atoms with E-state index in [9.17, 15) is 23.1 Å². The first-order valence-corrected chi connectivity index (χ1v) is 15.6. The predicted octanol–water partition coefficient (Wildman–Crippen LogP) is 2.33. The van der Waals surface area contributed by atoms with Gasteiger partial charge in [0.15, 0.2) is 5.60 Å². The van der Waals surface area contributed by atoms with Crippen molar-refractivity contribution in [2.45, 2.75) is 58.4 Å². The third-order valence-corrected chi connectivity index (χ3v) is 10.5. The second-order valence-corrected chi connectivity index (χ2v) is 13.0. The van der Waals surface area contributed by atoms with Gasteiger partial charge in [-0.15, -0.1) is 0 Å². The zero-order chi connectivity index (χ0) is 28.2. The molecule has 0 spiro atoms. The number of sulfonamides is 1. The molecule has 5 heterocycles. The van der Waals surface area contributed by atoms with Crippen LogP contribution >= 0.6 is 0 Å². The van der Waals surface area contributed by atoms with E-state index in [1.165, 1.54) is 0 Å². The maximum absolute atomic E-state index is 13.6. The van der Waals surface area contributed by atoms with E-state index in [1.807, 2.05) is 31.2 Å². The highest BCUT2D eigenvalue weighted by molar-refractivity contribution is 7.89. The number of nitrogens with zero attached hydrogens (tertiary/aromatic N) is 4. The summed E-state index contributed by atoms with van der Waals surface area (Å²) in [4.78, 5) is 33.4. The van der Waals surface area contributed by atoms with Crippen molar-refractivity contribution < 1.29 is 23.1 Å². The van der Waals surface area contributed by atoms with E-state index in [0.29, 0.717) is 68.2 Å². The van der Waals surface area contributed by atoms with Crippen LogP contribution in [0.5, 0.6) is 0 Å². The molecule has 3 aliphatic heterocycles. The van der Waals surface area contributed by atoms with Gasteiger partial charge in [-0.3, -0.25) is 9.69 Å². The van der Waals surface area contributed by atoms with E-state index in [-0.39, 0.29) is 24.3 Å². The summed E-state index contributed by atoms with van der Waals surface area (Å²) in [6.45, 7) is 6.56. The van der Waals surface area contributed by atoms with Crippen molar-refractivity contribution in [2.75, 3.05) is 31.9 Å². The number of piperazine rings is 1. The third kappa shape index (κ3) is 4.27. The van der Waals surface area contributed by atoms with Gasteiger partial charge in [-0.25, -0.2) is 18.2 Å². The normalized spacial score (nSPS) is 21.2. The van der Waals surface area contributed by atoms with Crippen LogP contribution in [-0.4, -0.2) is 70.2 Å². The second kappa shape index (κ2) is 10.1. The number of ether oxygens (including phenoxy) is 1. The van der Waals surface area contributed by atoms with Crippen LogP contribution in [0.15, 0.2) is 35.1 Å². The molecule has 212 valence electrons. The molecule has 40 heavy (non-hydrogen) atoms. The molecule has 1 atom stereocenters. The maximum atomic E-state index is 13.6. The van der Waals surface area contributed by atoms with Crippen LogP contribution in [0.25, 0.3) is 22.3 Å². The van der Waals surface area contributed by atoms with E-state index >= 15 is 0 Å². The minimum Gasteiger partial charge on any atom is -0.458 e. The van der Waals surface area contributed by atoms with E-state index in [4.69, 9.17) is 9.72 Å². The molecule has 1 fully saturated rings. The summed E-state index contributed by atoms with van der Waals surface area (Å²) in [6, 6.07) is 9.60. The Labute approximate surface area is 233 Å².